The molecule has 2 heterocycles. The summed E-state index contributed by atoms with van der Waals surface area (Å²) < 4.78 is 5.17. The van der Waals surface area contributed by atoms with Gasteiger partial charge in [-0.1, -0.05) is 25.0 Å². The van der Waals surface area contributed by atoms with E-state index in [1.165, 1.54) is 31.2 Å². The number of aryl methyl sites for hydroxylation is 1. The van der Waals surface area contributed by atoms with Crippen molar-refractivity contribution in [2.45, 2.75) is 52.5 Å². The molecule has 0 saturated carbocycles. The monoisotopic (exact) mass is 383 g/mol. The molecular formula is C23H33N3O2. The molecule has 2 aromatic rings. The molecular weight excluding hydrogens is 350 g/mol. The topological polar surface area (TPSA) is 45.7 Å². The molecule has 5 heteroatoms. The van der Waals surface area contributed by atoms with Gasteiger partial charge in [0.2, 0.25) is 5.91 Å². The number of carbonyl (C=O) groups excluding carboxylic acids is 1. The summed E-state index contributed by atoms with van der Waals surface area (Å²) in [6, 6.07) is 8.65. The molecule has 1 saturated heterocycles. The molecule has 0 spiro atoms. The van der Waals surface area contributed by atoms with Gasteiger partial charge in [-0.3, -0.25) is 4.79 Å². The van der Waals surface area contributed by atoms with Crippen molar-refractivity contribution >= 4 is 22.6 Å². The van der Waals surface area contributed by atoms with Crippen LogP contribution in [0, 0.1) is 6.92 Å². The second kappa shape index (κ2) is 9.87. The highest BCUT2D eigenvalue weighted by atomic mass is 16.5. The lowest BCUT2D eigenvalue weighted by molar-refractivity contribution is -0.129. The van der Waals surface area contributed by atoms with Crippen LogP contribution < -0.4 is 4.90 Å². The fourth-order valence-corrected chi connectivity index (χ4v) is 3.94. The number of anilines is 1. The maximum absolute atomic E-state index is 12.2. The first-order valence-corrected chi connectivity index (χ1v) is 10.5. The average Bonchev–Trinajstić information content (AvgIpc) is 2.96. The number of ether oxygens (including phenoxy) is 1. The number of hydrogen-bond donors (Lipinski definition) is 0. The van der Waals surface area contributed by atoms with Crippen molar-refractivity contribution in [1.82, 2.24) is 9.88 Å². The summed E-state index contributed by atoms with van der Waals surface area (Å²) in [6.07, 6.45) is 5.83. The number of amides is 1. The number of methoxy groups -OCH3 is 1. The summed E-state index contributed by atoms with van der Waals surface area (Å²) in [4.78, 5) is 21.7. The van der Waals surface area contributed by atoms with Crippen LogP contribution >= 0.6 is 0 Å². The van der Waals surface area contributed by atoms with Crippen molar-refractivity contribution in [3.05, 3.63) is 35.4 Å². The Bertz CT molecular complexity index is 798. The smallest absolute Gasteiger partial charge is 0.219 e. The van der Waals surface area contributed by atoms with Gasteiger partial charge >= 0.3 is 0 Å². The van der Waals surface area contributed by atoms with Crippen LogP contribution in [0.5, 0.6) is 0 Å². The normalized spacial score (nSPS) is 14.9. The molecule has 1 amide bonds. The molecule has 0 N–H and O–H groups in total. The van der Waals surface area contributed by atoms with Crippen LogP contribution in [0.4, 0.5) is 5.82 Å². The second-order valence-corrected chi connectivity index (χ2v) is 7.86. The average molecular weight is 384 g/mol. The van der Waals surface area contributed by atoms with Gasteiger partial charge in [0.25, 0.3) is 0 Å². The predicted octanol–water partition coefficient (Wildman–Crippen LogP) is 4.31. The van der Waals surface area contributed by atoms with E-state index in [9.17, 15) is 4.79 Å². The number of hydrogen-bond acceptors (Lipinski definition) is 4. The SMILES string of the molecule is COCCCN(Cc1cc2ccc(C)cc2nc1N1CCCCCC1)C(C)=O. The van der Waals surface area contributed by atoms with Gasteiger partial charge < -0.3 is 14.5 Å². The molecule has 152 valence electrons. The molecule has 3 rings (SSSR count). The Labute approximate surface area is 168 Å². The zero-order valence-corrected chi connectivity index (χ0v) is 17.5. The Hall–Kier alpha value is -2.14. The van der Waals surface area contributed by atoms with Gasteiger partial charge in [0.1, 0.15) is 5.82 Å². The Morgan fingerprint density at radius 3 is 2.61 bits per heavy atom. The van der Waals surface area contributed by atoms with Gasteiger partial charge in [-0.15, -0.1) is 0 Å². The summed E-state index contributed by atoms with van der Waals surface area (Å²) in [5.74, 6) is 1.15. The Kier molecular flexibility index (Phi) is 7.26. The Morgan fingerprint density at radius 2 is 1.93 bits per heavy atom. The maximum atomic E-state index is 12.2. The molecule has 1 fully saturated rings. The van der Waals surface area contributed by atoms with Gasteiger partial charge in [-0.2, -0.15) is 0 Å². The predicted molar refractivity (Wildman–Crippen MR) is 115 cm³/mol. The highest BCUT2D eigenvalue weighted by molar-refractivity contribution is 5.83. The van der Waals surface area contributed by atoms with E-state index in [-0.39, 0.29) is 5.91 Å². The minimum Gasteiger partial charge on any atom is -0.385 e. The molecule has 0 radical (unpaired) electrons. The summed E-state index contributed by atoms with van der Waals surface area (Å²) in [5, 5.41) is 1.14. The first kappa shape index (κ1) is 20.6. The minimum absolute atomic E-state index is 0.0990. The second-order valence-electron chi connectivity index (χ2n) is 7.86. The van der Waals surface area contributed by atoms with Crippen LogP contribution in [0.3, 0.4) is 0 Å². The zero-order valence-electron chi connectivity index (χ0n) is 17.5. The molecule has 0 atom stereocenters. The van der Waals surface area contributed by atoms with E-state index < -0.39 is 0 Å². The number of rotatable bonds is 7. The van der Waals surface area contributed by atoms with Crippen LogP contribution in [0.15, 0.2) is 24.3 Å². The summed E-state index contributed by atoms with van der Waals surface area (Å²) >= 11 is 0. The fraction of sp³-hybridized carbons (Fsp3) is 0.565. The first-order chi connectivity index (χ1) is 13.6. The number of nitrogens with zero attached hydrogens (tertiary/aromatic N) is 3. The van der Waals surface area contributed by atoms with Gasteiger partial charge in [-0.05, 0) is 43.9 Å². The van der Waals surface area contributed by atoms with E-state index in [2.05, 4.69) is 36.1 Å². The van der Waals surface area contributed by atoms with Crippen LogP contribution in [0.1, 0.15) is 50.2 Å². The number of benzene rings is 1. The molecule has 0 aliphatic carbocycles. The number of carbonyl (C=O) groups is 1. The lowest BCUT2D eigenvalue weighted by Crippen LogP contribution is -2.32. The van der Waals surface area contributed by atoms with E-state index in [1.807, 2.05) is 4.90 Å². The number of aromatic nitrogens is 1. The van der Waals surface area contributed by atoms with Crippen molar-refractivity contribution in [3.8, 4) is 0 Å². The summed E-state index contributed by atoms with van der Waals surface area (Å²) in [5.41, 5.74) is 3.40. The Morgan fingerprint density at radius 1 is 1.18 bits per heavy atom. The minimum atomic E-state index is 0.0990. The van der Waals surface area contributed by atoms with E-state index in [4.69, 9.17) is 9.72 Å². The van der Waals surface area contributed by atoms with Crippen molar-refractivity contribution in [3.63, 3.8) is 0 Å². The molecule has 1 aromatic carbocycles. The molecule has 0 unspecified atom stereocenters. The van der Waals surface area contributed by atoms with Crippen molar-refractivity contribution in [2.75, 3.05) is 38.3 Å². The zero-order chi connectivity index (χ0) is 19.9. The number of pyridine rings is 1. The molecule has 0 bridgehead atoms. The molecule has 28 heavy (non-hydrogen) atoms. The van der Waals surface area contributed by atoms with Gasteiger partial charge in [-0.25, -0.2) is 4.98 Å². The third kappa shape index (κ3) is 5.22. The van der Waals surface area contributed by atoms with Crippen LogP contribution in [-0.2, 0) is 16.1 Å². The summed E-state index contributed by atoms with van der Waals surface area (Å²) in [6.45, 7) is 7.81. The summed E-state index contributed by atoms with van der Waals surface area (Å²) in [7, 11) is 1.70. The number of fused-ring (bicyclic) bond motifs is 1. The van der Waals surface area contributed by atoms with Crippen molar-refractivity contribution in [1.29, 1.82) is 0 Å². The molecule has 1 aliphatic rings. The quantitative estimate of drug-likeness (QED) is 0.669. The molecule has 1 aromatic heterocycles. The van der Waals surface area contributed by atoms with Crippen LogP contribution in [-0.4, -0.2) is 49.1 Å². The first-order valence-electron chi connectivity index (χ1n) is 10.5. The lowest BCUT2D eigenvalue weighted by atomic mass is 10.1. The van der Waals surface area contributed by atoms with E-state index in [0.29, 0.717) is 19.7 Å². The van der Waals surface area contributed by atoms with Gasteiger partial charge in [0.15, 0.2) is 0 Å². The fourth-order valence-electron chi connectivity index (χ4n) is 3.94. The lowest BCUT2D eigenvalue weighted by Gasteiger charge is -2.28. The Balaban J connectivity index is 1.96. The maximum Gasteiger partial charge on any atom is 0.219 e. The third-order valence-electron chi connectivity index (χ3n) is 5.52. The van der Waals surface area contributed by atoms with Crippen molar-refractivity contribution in [2.24, 2.45) is 0 Å². The van der Waals surface area contributed by atoms with Gasteiger partial charge in [0.05, 0.1) is 5.52 Å². The van der Waals surface area contributed by atoms with Crippen LogP contribution in [0.25, 0.3) is 10.9 Å². The third-order valence-corrected chi connectivity index (χ3v) is 5.52. The van der Waals surface area contributed by atoms with E-state index >= 15 is 0 Å². The highest BCUT2D eigenvalue weighted by Gasteiger charge is 2.19. The highest BCUT2D eigenvalue weighted by Crippen LogP contribution is 2.28. The van der Waals surface area contributed by atoms with E-state index in [0.717, 1.165) is 41.8 Å². The van der Waals surface area contributed by atoms with Crippen LogP contribution in [0.2, 0.25) is 0 Å². The van der Waals surface area contributed by atoms with Gasteiger partial charge in [0, 0.05) is 57.8 Å². The molecule has 5 nitrogen and oxygen atoms in total. The standard InChI is InChI=1S/C23H33N3O2/c1-18-9-10-20-16-21(17-26(19(2)27)13-8-14-28-3)23(24-22(20)15-18)25-11-6-4-5-7-12-25/h9-10,15-16H,4-8,11-14,17H2,1-3H3. The largest absolute Gasteiger partial charge is 0.385 e. The molecule has 1 aliphatic heterocycles. The van der Waals surface area contributed by atoms with E-state index in [1.54, 1.807) is 14.0 Å². The van der Waals surface area contributed by atoms with Crippen molar-refractivity contribution < 1.29 is 9.53 Å².